The van der Waals surface area contributed by atoms with Gasteiger partial charge in [0, 0.05) is 24.7 Å². The fraction of sp³-hybridized carbons (Fsp3) is 0.444. The maximum absolute atomic E-state index is 12.8. The zero-order valence-electron chi connectivity index (χ0n) is 19.4. The minimum Gasteiger partial charge on any atom is -0.352 e. The molecule has 0 saturated carbocycles. The summed E-state index contributed by atoms with van der Waals surface area (Å²) in [5.41, 5.74) is 2.19. The molecule has 1 fully saturated rings. The highest BCUT2D eigenvalue weighted by Gasteiger charge is 2.35. The molecule has 0 aliphatic carbocycles. The van der Waals surface area contributed by atoms with Gasteiger partial charge in [0.05, 0.1) is 11.1 Å². The van der Waals surface area contributed by atoms with Crippen LogP contribution in [0.2, 0.25) is 0 Å². The molecule has 0 spiro atoms. The molecular formula is C27H33N3O3. The normalized spacial score (nSPS) is 18.5. The van der Waals surface area contributed by atoms with Crippen LogP contribution in [0.4, 0.5) is 0 Å². The van der Waals surface area contributed by atoms with Gasteiger partial charge >= 0.3 is 0 Å². The Hall–Kier alpha value is -2.99. The molecule has 2 aromatic carbocycles. The summed E-state index contributed by atoms with van der Waals surface area (Å²) in [5, 5.41) is 2.96. The van der Waals surface area contributed by atoms with Crippen LogP contribution in [-0.4, -0.2) is 59.7 Å². The van der Waals surface area contributed by atoms with Gasteiger partial charge in [-0.05, 0) is 75.9 Å². The number of nitrogens with zero attached hydrogens (tertiary/aromatic N) is 2. The Morgan fingerprint density at radius 1 is 0.970 bits per heavy atom. The number of nitrogens with one attached hydrogen (secondary N) is 1. The van der Waals surface area contributed by atoms with Crippen molar-refractivity contribution in [2.75, 3.05) is 26.2 Å². The molecule has 0 radical (unpaired) electrons. The standard InChI is InChI=1S/C27H33N3O3/c1-20-9-5-7-16-29(20)17-8-6-15-28-25(31)22-12-13-23-24(19-22)27(33)30(26(23)32)18-14-21-10-3-2-4-11-21/h2-4,10-13,19-20H,5-9,14-18H2,1H3,(H,28,31). The van der Waals surface area contributed by atoms with Crippen molar-refractivity contribution in [3.05, 3.63) is 70.8 Å². The van der Waals surface area contributed by atoms with E-state index in [1.807, 2.05) is 30.3 Å². The van der Waals surface area contributed by atoms with E-state index in [1.54, 1.807) is 18.2 Å². The number of amides is 3. The van der Waals surface area contributed by atoms with Gasteiger partial charge in [-0.2, -0.15) is 0 Å². The van der Waals surface area contributed by atoms with Crippen LogP contribution in [0.1, 0.15) is 75.7 Å². The zero-order chi connectivity index (χ0) is 23.2. The minimum absolute atomic E-state index is 0.202. The average molecular weight is 448 g/mol. The largest absolute Gasteiger partial charge is 0.352 e. The second kappa shape index (κ2) is 10.8. The Balaban J connectivity index is 1.27. The van der Waals surface area contributed by atoms with Crippen molar-refractivity contribution in [2.45, 2.75) is 51.5 Å². The maximum atomic E-state index is 12.8. The van der Waals surface area contributed by atoms with Crippen molar-refractivity contribution < 1.29 is 14.4 Å². The van der Waals surface area contributed by atoms with E-state index in [0.717, 1.165) is 24.9 Å². The quantitative estimate of drug-likeness (QED) is 0.467. The number of hydrogen-bond acceptors (Lipinski definition) is 4. The molecule has 2 aliphatic heterocycles. The molecule has 2 heterocycles. The summed E-state index contributed by atoms with van der Waals surface area (Å²) in [5.74, 6) is -0.812. The minimum atomic E-state index is -0.323. The Labute approximate surface area is 196 Å². The zero-order valence-corrected chi connectivity index (χ0v) is 19.4. The number of hydrogen-bond donors (Lipinski definition) is 1. The third-order valence-corrected chi connectivity index (χ3v) is 6.80. The third kappa shape index (κ3) is 5.50. The molecule has 1 unspecified atom stereocenters. The van der Waals surface area contributed by atoms with E-state index < -0.39 is 0 Å². The molecule has 1 N–H and O–H groups in total. The van der Waals surface area contributed by atoms with Gasteiger partial charge < -0.3 is 10.2 Å². The van der Waals surface area contributed by atoms with Crippen molar-refractivity contribution in [3.8, 4) is 0 Å². The van der Waals surface area contributed by atoms with Crippen molar-refractivity contribution in [3.63, 3.8) is 0 Å². The van der Waals surface area contributed by atoms with Crippen LogP contribution in [0.25, 0.3) is 0 Å². The van der Waals surface area contributed by atoms with Gasteiger partial charge in [0.25, 0.3) is 17.7 Å². The van der Waals surface area contributed by atoms with Crippen LogP contribution >= 0.6 is 0 Å². The number of carbonyl (C=O) groups is 3. The van der Waals surface area contributed by atoms with E-state index in [9.17, 15) is 14.4 Å². The lowest BCUT2D eigenvalue weighted by Gasteiger charge is -2.33. The number of piperidine rings is 1. The fourth-order valence-corrected chi connectivity index (χ4v) is 4.75. The third-order valence-electron chi connectivity index (χ3n) is 6.80. The molecule has 6 nitrogen and oxygen atoms in total. The second-order valence-corrected chi connectivity index (χ2v) is 9.10. The Kier molecular flexibility index (Phi) is 7.55. The van der Waals surface area contributed by atoms with Gasteiger partial charge in [-0.1, -0.05) is 36.8 Å². The highest BCUT2D eigenvalue weighted by molar-refractivity contribution is 6.22. The molecule has 0 bridgehead atoms. The summed E-state index contributed by atoms with van der Waals surface area (Å²) in [6.45, 7) is 5.48. The van der Waals surface area contributed by atoms with Gasteiger partial charge in [-0.15, -0.1) is 0 Å². The molecule has 2 aromatic rings. The lowest BCUT2D eigenvalue weighted by Crippen LogP contribution is -2.38. The molecular weight excluding hydrogens is 414 g/mol. The van der Waals surface area contributed by atoms with Crippen LogP contribution < -0.4 is 5.32 Å². The highest BCUT2D eigenvalue weighted by Crippen LogP contribution is 2.24. The van der Waals surface area contributed by atoms with Crippen LogP contribution in [0.3, 0.4) is 0 Å². The number of rotatable bonds is 9. The van der Waals surface area contributed by atoms with Crippen LogP contribution in [0.15, 0.2) is 48.5 Å². The van der Waals surface area contributed by atoms with Crippen molar-refractivity contribution >= 4 is 17.7 Å². The SMILES string of the molecule is CC1CCCCN1CCCCNC(=O)c1ccc2c(c1)C(=O)N(CCc1ccccc1)C2=O. The first kappa shape index (κ1) is 23.2. The number of unbranched alkanes of at least 4 members (excludes halogenated alkanes) is 1. The first-order valence-corrected chi connectivity index (χ1v) is 12.1. The summed E-state index contributed by atoms with van der Waals surface area (Å²) in [6, 6.07) is 15.2. The van der Waals surface area contributed by atoms with E-state index in [0.29, 0.717) is 42.2 Å². The van der Waals surface area contributed by atoms with Gasteiger partial charge in [-0.25, -0.2) is 0 Å². The number of likely N-dealkylation sites (tertiary alicyclic amines) is 1. The van der Waals surface area contributed by atoms with Crippen LogP contribution in [0, 0.1) is 0 Å². The predicted molar refractivity (Wildman–Crippen MR) is 128 cm³/mol. The van der Waals surface area contributed by atoms with Crippen molar-refractivity contribution in [1.29, 1.82) is 0 Å². The van der Waals surface area contributed by atoms with Crippen molar-refractivity contribution in [2.24, 2.45) is 0 Å². The molecule has 174 valence electrons. The highest BCUT2D eigenvalue weighted by atomic mass is 16.2. The topological polar surface area (TPSA) is 69.7 Å². The average Bonchev–Trinajstić information content (AvgIpc) is 3.08. The first-order chi connectivity index (χ1) is 16.0. The predicted octanol–water partition coefficient (Wildman–Crippen LogP) is 3.91. The summed E-state index contributed by atoms with van der Waals surface area (Å²) < 4.78 is 0. The Morgan fingerprint density at radius 2 is 1.76 bits per heavy atom. The summed E-state index contributed by atoms with van der Waals surface area (Å²) >= 11 is 0. The van der Waals surface area contributed by atoms with E-state index in [-0.39, 0.29) is 17.7 Å². The van der Waals surface area contributed by atoms with E-state index in [4.69, 9.17) is 0 Å². The van der Waals surface area contributed by atoms with Gasteiger partial charge in [0.2, 0.25) is 0 Å². The molecule has 1 saturated heterocycles. The molecule has 3 amide bonds. The second-order valence-electron chi connectivity index (χ2n) is 9.10. The number of fused-ring (bicyclic) bond motifs is 1. The number of carbonyl (C=O) groups excluding carboxylic acids is 3. The summed E-state index contributed by atoms with van der Waals surface area (Å²) in [6.07, 6.45) is 6.47. The summed E-state index contributed by atoms with van der Waals surface area (Å²) in [7, 11) is 0. The molecule has 2 aliphatic rings. The van der Waals surface area contributed by atoms with E-state index >= 15 is 0 Å². The smallest absolute Gasteiger partial charge is 0.261 e. The maximum Gasteiger partial charge on any atom is 0.261 e. The van der Waals surface area contributed by atoms with Gasteiger partial charge in [0.1, 0.15) is 0 Å². The molecule has 4 rings (SSSR count). The monoisotopic (exact) mass is 447 g/mol. The number of benzene rings is 2. The van der Waals surface area contributed by atoms with Crippen molar-refractivity contribution in [1.82, 2.24) is 15.1 Å². The Morgan fingerprint density at radius 3 is 2.55 bits per heavy atom. The molecule has 33 heavy (non-hydrogen) atoms. The fourth-order valence-electron chi connectivity index (χ4n) is 4.75. The molecule has 0 aromatic heterocycles. The first-order valence-electron chi connectivity index (χ1n) is 12.1. The summed E-state index contributed by atoms with van der Waals surface area (Å²) in [4.78, 5) is 42.0. The lowest BCUT2D eigenvalue weighted by atomic mass is 10.0. The van der Waals surface area contributed by atoms with Crippen LogP contribution in [0.5, 0.6) is 0 Å². The Bertz CT molecular complexity index is 1000. The number of imide groups is 1. The van der Waals surface area contributed by atoms with E-state index in [2.05, 4.69) is 17.1 Å². The van der Waals surface area contributed by atoms with Gasteiger partial charge in [-0.3, -0.25) is 19.3 Å². The molecule has 6 heteroatoms. The lowest BCUT2D eigenvalue weighted by molar-refractivity contribution is 0.0656. The van der Waals surface area contributed by atoms with Crippen LogP contribution in [-0.2, 0) is 6.42 Å². The van der Waals surface area contributed by atoms with Gasteiger partial charge in [0.15, 0.2) is 0 Å². The van der Waals surface area contributed by atoms with E-state index in [1.165, 1.54) is 30.7 Å². The molecule has 1 atom stereocenters.